The highest BCUT2D eigenvalue weighted by Crippen LogP contribution is 2.29. The summed E-state index contributed by atoms with van der Waals surface area (Å²) >= 11 is 5.98. The van der Waals surface area contributed by atoms with E-state index in [0.29, 0.717) is 5.56 Å². The van der Waals surface area contributed by atoms with Crippen LogP contribution in [0.5, 0.6) is 0 Å². The molecule has 0 radical (unpaired) electrons. The van der Waals surface area contributed by atoms with E-state index in [-0.39, 0.29) is 0 Å². The van der Waals surface area contributed by atoms with Crippen molar-refractivity contribution in [2.24, 2.45) is 0 Å². The molecule has 0 saturated heterocycles. The van der Waals surface area contributed by atoms with E-state index in [9.17, 15) is 9.59 Å². The lowest BCUT2D eigenvalue weighted by atomic mass is 10.1. The lowest BCUT2D eigenvalue weighted by molar-refractivity contribution is -0.135. The topological polar surface area (TPSA) is 49.9 Å². The number of H-pyrrole nitrogens is 1. The molecule has 1 aromatic heterocycles. The van der Waals surface area contributed by atoms with Gasteiger partial charge in [0.25, 0.3) is 0 Å². The SMILES string of the molecule is CC(=O)C(=O)C(Cl)c1c[nH]c2ccccc12. The molecule has 3 nitrogen and oxygen atoms in total. The number of aromatic amines is 1. The van der Waals surface area contributed by atoms with Gasteiger partial charge in [0.05, 0.1) is 0 Å². The zero-order chi connectivity index (χ0) is 11.7. The van der Waals surface area contributed by atoms with Gasteiger partial charge in [0, 0.05) is 29.6 Å². The molecule has 16 heavy (non-hydrogen) atoms. The molecule has 1 heterocycles. The third-order valence-electron chi connectivity index (χ3n) is 2.47. The van der Waals surface area contributed by atoms with Gasteiger partial charge < -0.3 is 4.98 Å². The summed E-state index contributed by atoms with van der Waals surface area (Å²) in [6.45, 7) is 1.23. The third-order valence-corrected chi connectivity index (χ3v) is 2.90. The van der Waals surface area contributed by atoms with E-state index in [1.54, 1.807) is 6.20 Å². The van der Waals surface area contributed by atoms with Crippen molar-refractivity contribution in [3.05, 3.63) is 36.0 Å². The Morgan fingerprint density at radius 3 is 2.69 bits per heavy atom. The minimum Gasteiger partial charge on any atom is -0.361 e. The van der Waals surface area contributed by atoms with Crippen molar-refractivity contribution in [1.82, 2.24) is 4.98 Å². The number of alkyl halides is 1. The standard InChI is InChI=1S/C12H10ClNO2/c1-7(15)12(16)11(13)9-6-14-10-5-3-2-4-8(9)10/h2-6,11,14H,1H3. The van der Waals surface area contributed by atoms with Crippen molar-refractivity contribution in [2.45, 2.75) is 12.3 Å². The highest BCUT2D eigenvalue weighted by Gasteiger charge is 2.23. The van der Waals surface area contributed by atoms with Crippen molar-refractivity contribution in [3.63, 3.8) is 0 Å². The number of carbonyl (C=O) groups is 2. The smallest absolute Gasteiger partial charge is 0.220 e. The van der Waals surface area contributed by atoms with Gasteiger partial charge in [0.2, 0.25) is 5.78 Å². The molecule has 4 heteroatoms. The van der Waals surface area contributed by atoms with Gasteiger partial charge in [-0.2, -0.15) is 0 Å². The predicted octanol–water partition coefficient (Wildman–Crippen LogP) is 2.61. The molecule has 0 saturated carbocycles. The predicted molar refractivity (Wildman–Crippen MR) is 62.6 cm³/mol. The van der Waals surface area contributed by atoms with Crippen LogP contribution in [0.25, 0.3) is 10.9 Å². The number of halogens is 1. The molecule has 1 aromatic carbocycles. The summed E-state index contributed by atoms with van der Waals surface area (Å²) in [7, 11) is 0. The van der Waals surface area contributed by atoms with Gasteiger partial charge in [-0.1, -0.05) is 18.2 Å². The van der Waals surface area contributed by atoms with E-state index in [0.717, 1.165) is 10.9 Å². The Labute approximate surface area is 97.4 Å². The molecule has 82 valence electrons. The number of aromatic nitrogens is 1. The monoisotopic (exact) mass is 235 g/mol. The lowest BCUT2D eigenvalue weighted by Crippen LogP contribution is -2.15. The van der Waals surface area contributed by atoms with Gasteiger partial charge in [-0.3, -0.25) is 9.59 Å². The molecule has 0 bridgehead atoms. The minimum absolute atomic E-state index is 0.523. The van der Waals surface area contributed by atoms with E-state index >= 15 is 0 Å². The number of hydrogen-bond donors (Lipinski definition) is 1. The second kappa shape index (κ2) is 4.10. The normalized spacial score (nSPS) is 12.6. The minimum atomic E-state index is -0.909. The van der Waals surface area contributed by atoms with Gasteiger partial charge in [0.1, 0.15) is 5.38 Å². The van der Waals surface area contributed by atoms with Crippen LogP contribution in [0.4, 0.5) is 0 Å². The van der Waals surface area contributed by atoms with Crippen LogP contribution in [0.2, 0.25) is 0 Å². The maximum absolute atomic E-state index is 11.5. The molecular formula is C12H10ClNO2. The Kier molecular flexibility index (Phi) is 2.79. The van der Waals surface area contributed by atoms with E-state index < -0.39 is 16.9 Å². The van der Waals surface area contributed by atoms with Crippen LogP contribution in [0.15, 0.2) is 30.5 Å². The fourth-order valence-corrected chi connectivity index (χ4v) is 1.96. The average Bonchev–Trinajstić information content (AvgIpc) is 2.70. The first kappa shape index (κ1) is 10.9. The van der Waals surface area contributed by atoms with Crippen molar-refractivity contribution >= 4 is 34.1 Å². The molecular weight excluding hydrogens is 226 g/mol. The first-order chi connectivity index (χ1) is 7.61. The average molecular weight is 236 g/mol. The first-order valence-electron chi connectivity index (χ1n) is 4.86. The summed E-state index contributed by atoms with van der Waals surface area (Å²) in [6, 6.07) is 7.50. The van der Waals surface area contributed by atoms with Crippen molar-refractivity contribution < 1.29 is 9.59 Å². The molecule has 0 aliphatic carbocycles. The molecule has 1 unspecified atom stereocenters. The Morgan fingerprint density at radius 2 is 2.00 bits per heavy atom. The van der Waals surface area contributed by atoms with Crippen LogP contribution < -0.4 is 0 Å². The molecule has 0 amide bonds. The van der Waals surface area contributed by atoms with Gasteiger partial charge in [-0.05, 0) is 6.07 Å². The first-order valence-corrected chi connectivity index (χ1v) is 5.29. The zero-order valence-corrected chi connectivity index (χ0v) is 9.41. The molecule has 1 N–H and O–H groups in total. The van der Waals surface area contributed by atoms with Crippen LogP contribution in [0.1, 0.15) is 17.9 Å². The fourth-order valence-electron chi connectivity index (χ4n) is 1.62. The van der Waals surface area contributed by atoms with Gasteiger partial charge in [-0.25, -0.2) is 0 Å². The maximum atomic E-state index is 11.5. The Morgan fingerprint density at radius 1 is 1.31 bits per heavy atom. The molecule has 0 fully saturated rings. The summed E-state index contributed by atoms with van der Waals surface area (Å²) in [4.78, 5) is 25.5. The number of rotatable bonds is 3. The Hall–Kier alpha value is -1.61. The second-order valence-corrected chi connectivity index (χ2v) is 4.01. The van der Waals surface area contributed by atoms with Crippen LogP contribution in [0, 0.1) is 0 Å². The van der Waals surface area contributed by atoms with Gasteiger partial charge in [0.15, 0.2) is 5.78 Å². The number of para-hydroxylation sites is 1. The summed E-state index contributed by atoms with van der Waals surface area (Å²) in [5.41, 5.74) is 1.55. The molecule has 2 aromatic rings. The summed E-state index contributed by atoms with van der Waals surface area (Å²) in [5.74, 6) is -1.10. The Balaban J connectivity index is 2.48. The largest absolute Gasteiger partial charge is 0.361 e. The number of fused-ring (bicyclic) bond motifs is 1. The summed E-state index contributed by atoms with van der Waals surface area (Å²) < 4.78 is 0. The van der Waals surface area contributed by atoms with E-state index in [4.69, 9.17) is 11.6 Å². The highest BCUT2D eigenvalue weighted by molar-refractivity contribution is 6.49. The van der Waals surface area contributed by atoms with Crippen molar-refractivity contribution in [2.75, 3.05) is 0 Å². The number of hydrogen-bond acceptors (Lipinski definition) is 2. The quantitative estimate of drug-likeness (QED) is 0.657. The van der Waals surface area contributed by atoms with Crippen LogP contribution in [0.3, 0.4) is 0 Å². The molecule has 0 aliphatic rings. The number of ketones is 2. The van der Waals surface area contributed by atoms with Gasteiger partial charge in [-0.15, -0.1) is 11.6 Å². The number of nitrogens with one attached hydrogen (secondary N) is 1. The molecule has 2 rings (SSSR count). The molecule has 0 spiro atoms. The number of carbonyl (C=O) groups excluding carboxylic acids is 2. The van der Waals surface area contributed by atoms with Crippen LogP contribution in [-0.2, 0) is 9.59 Å². The lowest BCUT2D eigenvalue weighted by Gasteiger charge is -2.04. The summed E-state index contributed by atoms with van der Waals surface area (Å²) in [5, 5.41) is -0.0363. The van der Waals surface area contributed by atoms with Crippen LogP contribution in [-0.4, -0.2) is 16.6 Å². The highest BCUT2D eigenvalue weighted by atomic mass is 35.5. The number of Topliss-reactive ketones (excluding diaryl/α,β-unsaturated/α-hetero) is 2. The van der Waals surface area contributed by atoms with Crippen molar-refractivity contribution in [1.29, 1.82) is 0 Å². The number of benzene rings is 1. The van der Waals surface area contributed by atoms with Gasteiger partial charge >= 0.3 is 0 Å². The fraction of sp³-hybridized carbons (Fsp3) is 0.167. The summed E-state index contributed by atoms with van der Waals surface area (Å²) in [6.07, 6.45) is 1.67. The molecule has 1 atom stereocenters. The third kappa shape index (κ3) is 1.74. The second-order valence-electron chi connectivity index (χ2n) is 3.57. The van der Waals surface area contributed by atoms with Crippen molar-refractivity contribution in [3.8, 4) is 0 Å². The molecule has 0 aliphatic heterocycles. The zero-order valence-electron chi connectivity index (χ0n) is 8.66. The van der Waals surface area contributed by atoms with E-state index in [2.05, 4.69) is 4.98 Å². The Bertz CT molecular complexity index is 559. The maximum Gasteiger partial charge on any atom is 0.220 e. The van der Waals surface area contributed by atoms with Crippen LogP contribution >= 0.6 is 11.6 Å². The van der Waals surface area contributed by atoms with E-state index in [1.165, 1.54) is 6.92 Å². The van der Waals surface area contributed by atoms with E-state index in [1.807, 2.05) is 24.3 Å².